The van der Waals surface area contributed by atoms with Crippen molar-refractivity contribution in [2.45, 2.75) is 46.6 Å². The number of carbonyl (C=O) groups is 1. The topological polar surface area (TPSA) is 58.6 Å². The molecule has 0 aliphatic carbocycles. The summed E-state index contributed by atoms with van der Waals surface area (Å²) in [4.78, 5) is 11.1. The first-order chi connectivity index (χ1) is 9.45. The van der Waals surface area contributed by atoms with Crippen molar-refractivity contribution < 1.29 is 14.6 Å². The van der Waals surface area contributed by atoms with E-state index in [0.717, 1.165) is 23.3 Å². The molecule has 1 atom stereocenters. The van der Waals surface area contributed by atoms with Crippen LogP contribution in [0, 0.1) is 20.8 Å². The first-order valence-corrected chi connectivity index (χ1v) is 7.12. The van der Waals surface area contributed by atoms with Gasteiger partial charge in [-0.15, -0.1) is 0 Å². The number of hydrogen-bond donors (Lipinski definition) is 2. The molecule has 0 radical (unpaired) electrons. The summed E-state index contributed by atoms with van der Waals surface area (Å²) in [7, 11) is 0. The number of nitrogens with one attached hydrogen (secondary N) is 1. The quantitative estimate of drug-likeness (QED) is 0.768. The zero-order valence-electron chi connectivity index (χ0n) is 12.8. The fourth-order valence-corrected chi connectivity index (χ4v) is 2.07. The van der Waals surface area contributed by atoms with Crippen molar-refractivity contribution in [3.05, 3.63) is 28.8 Å². The van der Waals surface area contributed by atoms with E-state index in [4.69, 9.17) is 9.84 Å². The molecule has 0 spiro atoms. The van der Waals surface area contributed by atoms with E-state index in [9.17, 15) is 4.79 Å². The van der Waals surface area contributed by atoms with Crippen molar-refractivity contribution in [3.63, 3.8) is 0 Å². The molecular formula is C16H25NO3. The summed E-state index contributed by atoms with van der Waals surface area (Å²) >= 11 is 0. The summed E-state index contributed by atoms with van der Waals surface area (Å²) in [6.45, 7) is 9.23. The number of benzene rings is 1. The number of rotatable bonds is 8. The Bertz CT molecular complexity index is 457. The van der Waals surface area contributed by atoms with Crippen molar-refractivity contribution in [1.29, 1.82) is 0 Å². The summed E-state index contributed by atoms with van der Waals surface area (Å²) in [5, 5.41) is 12.1. The molecule has 1 aromatic rings. The van der Waals surface area contributed by atoms with E-state index in [1.54, 1.807) is 0 Å². The predicted molar refractivity (Wildman–Crippen MR) is 80.5 cm³/mol. The van der Waals surface area contributed by atoms with Crippen molar-refractivity contribution in [1.82, 2.24) is 5.32 Å². The highest BCUT2D eigenvalue weighted by molar-refractivity contribution is 5.73. The van der Waals surface area contributed by atoms with Crippen molar-refractivity contribution in [3.8, 4) is 5.75 Å². The van der Waals surface area contributed by atoms with Crippen LogP contribution in [0.4, 0.5) is 0 Å². The first-order valence-electron chi connectivity index (χ1n) is 7.12. The number of hydrogen-bond acceptors (Lipinski definition) is 3. The fraction of sp³-hybridized carbons (Fsp3) is 0.562. The van der Waals surface area contributed by atoms with Gasteiger partial charge in [-0.25, -0.2) is 0 Å². The van der Waals surface area contributed by atoms with Crippen LogP contribution in [0.2, 0.25) is 0 Å². The van der Waals surface area contributed by atoms with E-state index in [1.165, 1.54) is 5.56 Å². The molecule has 0 saturated heterocycles. The zero-order chi connectivity index (χ0) is 15.1. The lowest BCUT2D eigenvalue weighted by Gasteiger charge is -2.16. The molecule has 0 amide bonds. The SMILES string of the molecule is CCCNC(CCOc1cc(C)cc(C)c1C)C(=O)O. The number of ether oxygens (including phenoxy) is 1. The zero-order valence-corrected chi connectivity index (χ0v) is 12.8. The van der Waals surface area contributed by atoms with Crippen molar-refractivity contribution in [2.24, 2.45) is 0 Å². The van der Waals surface area contributed by atoms with Crippen molar-refractivity contribution >= 4 is 5.97 Å². The Kier molecular flexibility index (Phi) is 6.52. The van der Waals surface area contributed by atoms with Crippen LogP contribution in [0.25, 0.3) is 0 Å². The molecule has 0 heterocycles. The second kappa shape index (κ2) is 7.90. The lowest BCUT2D eigenvalue weighted by atomic mass is 10.1. The van der Waals surface area contributed by atoms with E-state index >= 15 is 0 Å². The van der Waals surface area contributed by atoms with Gasteiger partial charge in [-0.05, 0) is 56.5 Å². The molecule has 1 unspecified atom stereocenters. The van der Waals surface area contributed by atoms with Crippen LogP contribution in [-0.4, -0.2) is 30.3 Å². The van der Waals surface area contributed by atoms with Crippen molar-refractivity contribution in [2.75, 3.05) is 13.2 Å². The molecule has 2 N–H and O–H groups in total. The standard InChI is InChI=1S/C16H25NO3/c1-5-7-17-14(16(18)19)6-8-20-15-10-11(2)9-12(3)13(15)4/h9-10,14,17H,5-8H2,1-4H3,(H,18,19). The number of carboxylic acids is 1. The predicted octanol–water partition coefficient (Wildman–Crippen LogP) is 2.83. The molecule has 1 aromatic carbocycles. The minimum Gasteiger partial charge on any atom is -0.493 e. The van der Waals surface area contributed by atoms with E-state index < -0.39 is 12.0 Å². The second-order valence-corrected chi connectivity index (χ2v) is 5.19. The smallest absolute Gasteiger partial charge is 0.320 e. The summed E-state index contributed by atoms with van der Waals surface area (Å²) < 4.78 is 5.76. The maximum Gasteiger partial charge on any atom is 0.320 e. The summed E-state index contributed by atoms with van der Waals surface area (Å²) in [5.74, 6) is 0.0290. The van der Waals surface area contributed by atoms with Crippen LogP contribution in [0.1, 0.15) is 36.5 Å². The average molecular weight is 279 g/mol. The third kappa shape index (κ3) is 4.85. The number of aryl methyl sites for hydroxylation is 2. The van der Waals surface area contributed by atoms with Gasteiger partial charge in [0.05, 0.1) is 6.61 Å². The van der Waals surface area contributed by atoms with Gasteiger partial charge in [0.1, 0.15) is 11.8 Å². The Hall–Kier alpha value is -1.55. The van der Waals surface area contributed by atoms with E-state index in [-0.39, 0.29) is 0 Å². The largest absolute Gasteiger partial charge is 0.493 e. The number of aliphatic carboxylic acids is 1. The fourth-order valence-electron chi connectivity index (χ4n) is 2.07. The molecule has 1 rings (SSSR count). The molecule has 4 nitrogen and oxygen atoms in total. The molecule has 0 fully saturated rings. The maximum atomic E-state index is 11.1. The molecule has 112 valence electrons. The highest BCUT2D eigenvalue weighted by Gasteiger charge is 2.16. The molecule has 4 heteroatoms. The maximum absolute atomic E-state index is 11.1. The van der Waals surface area contributed by atoms with Crippen LogP contribution in [-0.2, 0) is 4.79 Å². The minimum atomic E-state index is -0.820. The second-order valence-electron chi connectivity index (χ2n) is 5.19. The Morgan fingerprint density at radius 3 is 2.65 bits per heavy atom. The van der Waals surface area contributed by atoms with E-state index in [0.29, 0.717) is 19.6 Å². The van der Waals surface area contributed by atoms with Crippen LogP contribution < -0.4 is 10.1 Å². The Labute approximate surface area is 121 Å². The van der Waals surface area contributed by atoms with Gasteiger partial charge in [-0.1, -0.05) is 13.0 Å². The van der Waals surface area contributed by atoms with Gasteiger partial charge in [-0.3, -0.25) is 4.79 Å². The van der Waals surface area contributed by atoms with E-state index in [1.807, 2.05) is 26.8 Å². The number of carboxylic acid groups (broad SMARTS) is 1. The van der Waals surface area contributed by atoms with Crippen LogP contribution in [0.15, 0.2) is 12.1 Å². The molecule has 0 aromatic heterocycles. The average Bonchev–Trinajstić information content (AvgIpc) is 2.38. The van der Waals surface area contributed by atoms with Crippen LogP contribution in [0.5, 0.6) is 5.75 Å². The minimum absolute atomic E-state index is 0.400. The molecule has 20 heavy (non-hydrogen) atoms. The molecular weight excluding hydrogens is 254 g/mol. The van der Waals surface area contributed by atoms with Crippen LogP contribution in [0.3, 0.4) is 0 Å². The molecule has 0 aliphatic heterocycles. The molecule has 0 saturated carbocycles. The summed E-state index contributed by atoms with van der Waals surface area (Å²) in [5.41, 5.74) is 3.46. The lowest BCUT2D eigenvalue weighted by Crippen LogP contribution is -2.38. The third-order valence-corrected chi connectivity index (χ3v) is 3.37. The monoisotopic (exact) mass is 279 g/mol. The lowest BCUT2D eigenvalue weighted by molar-refractivity contribution is -0.139. The van der Waals surface area contributed by atoms with Gasteiger partial charge >= 0.3 is 5.97 Å². The van der Waals surface area contributed by atoms with E-state index in [2.05, 4.69) is 18.3 Å². The molecule has 0 bridgehead atoms. The summed E-state index contributed by atoms with van der Waals surface area (Å²) in [6, 6.07) is 3.57. The third-order valence-electron chi connectivity index (χ3n) is 3.37. The Morgan fingerprint density at radius 1 is 1.35 bits per heavy atom. The van der Waals surface area contributed by atoms with Gasteiger partial charge in [-0.2, -0.15) is 0 Å². The van der Waals surface area contributed by atoms with Gasteiger partial charge < -0.3 is 15.2 Å². The summed E-state index contributed by atoms with van der Waals surface area (Å²) in [6.07, 6.45) is 1.38. The van der Waals surface area contributed by atoms with Crippen LogP contribution >= 0.6 is 0 Å². The highest BCUT2D eigenvalue weighted by atomic mass is 16.5. The van der Waals surface area contributed by atoms with Gasteiger partial charge in [0.25, 0.3) is 0 Å². The normalized spacial score (nSPS) is 12.2. The van der Waals surface area contributed by atoms with Gasteiger partial charge in [0.15, 0.2) is 0 Å². The molecule has 0 aliphatic rings. The first kappa shape index (κ1) is 16.5. The Morgan fingerprint density at radius 2 is 2.05 bits per heavy atom. The highest BCUT2D eigenvalue weighted by Crippen LogP contribution is 2.23. The van der Waals surface area contributed by atoms with Gasteiger partial charge in [0, 0.05) is 6.42 Å². The Balaban J connectivity index is 2.56. The van der Waals surface area contributed by atoms with Gasteiger partial charge in [0.2, 0.25) is 0 Å².